The summed E-state index contributed by atoms with van der Waals surface area (Å²) in [7, 11) is -3.65. The molecule has 0 heterocycles. The Balaban J connectivity index is 1.54. The van der Waals surface area contributed by atoms with Crippen LogP contribution in [0.1, 0.15) is 11.1 Å². The zero-order chi connectivity index (χ0) is 21.6. The highest BCUT2D eigenvalue weighted by Crippen LogP contribution is 2.21. The topological polar surface area (TPSA) is 84.5 Å². The average Bonchev–Trinajstić information content (AvgIpc) is 2.74. The van der Waals surface area contributed by atoms with Crippen molar-refractivity contribution < 1.29 is 17.9 Å². The number of hydrogen-bond donors (Lipinski definition) is 2. The van der Waals surface area contributed by atoms with Crippen molar-refractivity contribution in [2.24, 2.45) is 0 Å². The Bertz CT molecular complexity index is 1120. The molecule has 1 amide bonds. The van der Waals surface area contributed by atoms with E-state index in [-0.39, 0.29) is 24.0 Å². The molecule has 3 aromatic rings. The van der Waals surface area contributed by atoms with Gasteiger partial charge < -0.3 is 10.1 Å². The number of nitrogens with one attached hydrogen (secondary N) is 2. The van der Waals surface area contributed by atoms with Crippen LogP contribution < -0.4 is 14.8 Å². The first-order chi connectivity index (χ1) is 14.3. The highest BCUT2D eigenvalue weighted by Gasteiger charge is 2.14. The predicted molar refractivity (Wildman–Crippen MR) is 120 cm³/mol. The molecule has 0 saturated carbocycles. The van der Waals surface area contributed by atoms with Gasteiger partial charge in [-0.3, -0.25) is 4.79 Å². The maximum atomic E-state index is 12.4. The third-order valence-electron chi connectivity index (χ3n) is 4.26. The van der Waals surface area contributed by atoms with Crippen molar-refractivity contribution in [2.45, 2.75) is 18.4 Å². The summed E-state index contributed by atoms with van der Waals surface area (Å²) in [6.07, 6.45) is 0. The smallest absolute Gasteiger partial charge is 0.262 e. The molecule has 6 nitrogen and oxygen atoms in total. The molecule has 2 N–H and O–H groups in total. The lowest BCUT2D eigenvalue weighted by Crippen LogP contribution is -2.23. The number of hydrogen-bond acceptors (Lipinski definition) is 4. The van der Waals surface area contributed by atoms with Crippen LogP contribution in [-0.4, -0.2) is 20.9 Å². The Labute approximate surface area is 184 Å². The molecule has 0 aliphatic rings. The van der Waals surface area contributed by atoms with Crippen LogP contribution in [0.2, 0.25) is 0 Å². The predicted octanol–water partition coefficient (Wildman–Crippen LogP) is 4.25. The lowest BCUT2D eigenvalue weighted by atomic mass is 10.2. The maximum Gasteiger partial charge on any atom is 0.262 e. The zero-order valence-corrected chi connectivity index (χ0v) is 18.7. The highest BCUT2D eigenvalue weighted by molar-refractivity contribution is 9.10. The van der Waals surface area contributed by atoms with E-state index in [1.807, 2.05) is 49.4 Å². The molecule has 30 heavy (non-hydrogen) atoms. The molecule has 0 bridgehead atoms. The summed E-state index contributed by atoms with van der Waals surface area (Å²) in [5.74, 6) is 0.255. The van der Waals surface area contributed by atoms with Crippen molar-refractivity contribution in [1.29, 1.82) is 0 Å². The fourth-order valence-electron chi connectivity index (χ4n) is 2.63. The van der Waals surface area contributed by atoms with Gasteiger partial charge in [-0.1, -0.05) is 46.3 Å². The van der Waals surface area contributed by atoms with Crippen LogP contribution in [0.5, 0.6) is 5.75 Å². The van der Waals surface area contributed by atoms with Gasteiger partial charge in [0.1, 0.15) is 5.75 Å². The van der Waals surface area contributed by atoms with E-state index in [1.54, 1.807) is 18.2 Å². The molecule has 3 aromatic carbocycles. The Hall–Kier alpha value is -2.68. The molecule has 3 rings (SSSR count). The Morgan fingerprint density at radius 3 is 2.37 bits per heavy atom. The molecule has 0 aliphatic heterocycles. The summed E-state index contributed by atoms with van der Waals surface area (Å²) < 4.78 is 33.9. The number of carbonyl (C=O) groups is 1. The van der Waals surface area contributed by atoms with Gasteiger partial charge in [-0.2, -0.15) is 0 Å². The third-order valence-corrected chi connectivity index (χ3v) is 6.56. The summed E-state index contributed by atoms with van der Waals surface area (Å²) in [6, 6.07) is 20.7. The Kier molecular flexibility index (Phi) is 7.25. The third kappa shape index (κ3) is 6.16. The molecule has 156 valence electrons. The van der Waals surface area contributed by atoms with Gasteiger partial charge in [0.15, 0.2) is 6.61 Å². The number of halogens is 1. The van der Waals surface area contributed by atoms with Gasteiger partial charge in [0.2, 0.25) is 10.0 Å². The van der Waals surface area contributed by atoms with E-state index in [9.17, 15) is 13.2 Å². The van der Waals surface area contributed by atoms with E-state index >= 15 is 0 Å². The van der Waals surface area contributed by atoms with Gasteiger partial charge in [-0.05, 0) is 60.5 Å². The van der Waals surface area contributed by atoms with Crippen LogP contribution in [0.4, 0.5) is 5.69 Å². The van der Waals surface area contributed by atoms with Crippen LogP contribution in [0.25, 0.3) is 0 Å². The van der Waals surface area contributed by atoms with Gasteiger partial charge in [-0.25, -0.2) is 13.1 Å². The first-order valence-corrected chi connectivity index (χ1v) is 11.4. The Morgan fingerprint density at radius 1 is 1.00 bits per heavy atom. The molecule has 0 aliphatic carbocycles. The van der Waals surface area contributed by atoms with Gasteiger partial charge >= 0.3 is 0 Å². The minimum absolute atomic E-state index is 0.123. The molecule has 0 spiro atoms. The number of benzene rings is 3. The van der Waals surface area contributed by atoms with E-state index in [1.165, 1.54) is 12.1 Å². The monoisotopic (exact) mass is 488 g/mol. The number of sulfonamides is 1. The molecule has 0 radical (unpaired) electrons. The maximum absolute atomic E-state index is 12.4. The van der Waals surface area contributed by atoms with Crippen LogP contribution in [0.3, 0.4) is 0 Å². The second-order valence-corrected chi connectivity index (χ2v) is 9.20. The number of carbonyl (C=O) groups excluding carboxylic acids is 1. The van der Waals surface area contributed by atoms with Crippen molar-refractivity contribution in [3.63, 3.8) is 0 Å². The SMILES string of the molecule is Cc1cc(OCC(=O)Nc2ccc(S(=O)(=O)NCc3ccccc3)cc2)ccc1Br. The van der Waals surface area contributed by atoms with Gasteiger partial charge in [0.25, 0.3) is 5.91 Å². The van der Waals surface area contributed by atoms with E-state index in [0.717, 1.165) is 15.6 Å². The molecular weight excluding hydrogens is 468 g/mol. The lowest BCUT2D eigenvalue weighted by Gasteiger charge is -2.10. The number of ether oxygens (including phenoxy) is 1. The van der Waals surface area contributed by atoms with Crippen LogP contribution in [0.15, 0.2) is 82.2 Å². The quantitative estimate of drug-likeness (QED) is 0.496. The first-order valence-electron chi connectivity index (χ1n) is 9.16. The summed E-state index contributed by atoms with van der Waals surface area (Å²) in [5, 5.41) is 2.69. The van der Waals surface area contributed by atoms with Gasteiger partial charge in [-0.15, -0.1) is 0 Å². The van der Waals surface area contributed by atoms with Crippen LogP contribution >= 0.6 is 15.9 Å². The molecule has 0 saturated heterocycles. The van der Waals surface area contributed by atoms with Gasteiger partial charge in [0.05, 0.1) is 4.90 Å². The molecular formula is C22H21BrN2O4S. The average molecular weight is 489 g/mol. The molecule has 0 atom stereocenters. The molecule has 8 heteroatoms. The van der Waals surface area contributed by atoms with Crippen LogP contribution in [-0.2, 0) is 21.4 Å². The minimum atomic E-state index is -3.65. The van der Waals surface area contributed by atoms with E-state index < -0.39 is 10.0 Å². The fourth-order valence-corrected chi connectivity index (χ4v) is 3.89. The summed E-state index contributed by atoms with van der Waals surface area (Å²) >= 11 is 3.41. The van der Waals surface area contributed by atoms with Crippen molar-refractivity contribution >= 4 is 37.5 Å². The van der Waals surface area contributed by atoms with Crippen molar-refractivity contribution in [3.8, 4) is 5.75 Å². The first kappa shape index (κ1) is 22.0. The second kappa shape index (κ2) is 9.88. The summed E-state index contributed by atoms with van der Waals surface area (Å²) in [6.45, 7) is 1.98. The van der Waals surface area contributed by atoms with E-state index in [2.05, 4.69) is 26.0 Å². The number of anilines is 1. The normalized spacial score (nSPS) is 11.1. The lowest BCUT2D eigenvalue weighted by molar-refractivity contribution is -0.118. The van der Waals surface area contributed by atoms with Crippen molar-refractivity contribution in [1.82, 2.24) is 4.72 Å². The number of amides is 1. The minimum Gasteiger partial charge on any atom is -0.484 e. The van der Waals surface area contributed by atoms with E-state index in [4.69, 9.17) is 4.74 Å². The largest absolute Gasteiger partial charge is 0.484 e. The molecule has 0 aromatic heterocycles. The van der Waals surface area contributed by atoms with Crippen LogP contribution in [0, 0.1) is 6.92 Å². The highest BCUT2D eigenvalue weighted by atomic mass is 79.9. The zero-order valence-electron chi connectivity index (χ0n) is 16.3. The fraction of sp³-hybridized carbons (Fsp3) is 0.136. The molecule has 0 fully saturated rings. The second-order valence-electron chi connectivity index (χ2n) is 6.58. The van der Waals surface area contributed by atoms with Crippen molar-refractivity contribution in [2.75, 3.05) is 11.9 Å². The van der Waals surface area contributed by atoms with Gasteiger partial charge in [0, 0.05) is 16.7 Å². The summed E-state index contributed by atoms with van der Waals surface area (Å²) in [5.41, 5.74) is 2.36. The standard InChI is InChI=1S/C22H21BrN2O4S/c1-16-13-19(9-12-21(16)23)29-15-22(26)25-18-7-10-20(11-8-18)30(27,28)24-14-17-5-3-2-4-6-17/h2-13,24H,14-15H2,1H3,(H,25,26). The number of rotatable bonds is 8. The summed E-state index contributed by atoms with van der Waals surface area (Å²) in [4.78, 5) is 12.2. The van der Waals surface area contributed by atoms with E-state index in [0.29, 0.717) is 11.4 Å². The number of aryl methyl sites for hydroxylation is 1. The molecule has 0 unspecified atom stereocenters. The Morgan fingerprint density at radius 2 is 1.70 bits per heavy atom. The van der Waals surface area contributed by atoms with Crippen molar-refractivity contribution in [3.05, 3.63) is 88.4 Å².